The van der Waals surface area contributed by atoms with Crippen molar-refractivity contribution < 1.29 is 4.42 Å². The van der Waals surface area contributed by atoms with Gasteiger partial charge in [0.15, 0.2) is 5.82 Å². The van der Waals surface area contributed by atoms with E-state index in [-0.39, 0.29) is 0 Å². The number of para-hydroxylation sites is 1. The first-order valence-electron chi connectivity index (χ1n) is 20.5. The van der Waals surface area contributed by atoms with E-state index in [0.717, 1.165) is 55.4 Å². The summed E-state index contributed by atoms with van der Waals surface area (Å²) in [5, 5.41) is 4.47. The summed E-state index contributed by atoms with van der Waals surface area (Å²) in [5.41, 5.74) is 16.1. The summed E-state index contributed by atoms with van der Waals surface area (Å²) in [7, 11) is 0. The van der Waals surface area contributed by atoms with Gasteiger partial charge in [-0.3, -0.25) is 0 Å². The number of fused-ring (bicyclic) bond motifs is 7. The van der Waals surface area contributed by atoms with Gasteiger partial charge in [-0.15, -0.1) is 0 Å². The normalized spacial score (nSPS) is 12.8. The fourth-order valence-electron chi connectivity index (χ4n) is 9.81. The van der Waals surface area contributed by atoms with Crippen LogP contribution in [0, 0.1) is 0 Å². The number of aromatic nitrogens is 2. The highest BCUT2D eigenvalue weighted by atomic mass is 16.3. The van der Waals surface area contributed by atoms with E-state index in [4.69, 9.17) is 14.4 Å². The molecule has 0 amide bonds. The summed E-state index contributed by atoms with van der Waals surface area (Å²) in [6.45, 7) is 0. The van der Waals surface area contributed by atoms with Crippen LogP contribution in [-0.2, 0) is 5.41 Å². The lowest BCUT2D eigenvalue weighted by atomic mass is 9.67. The Morgan fingerprint density at radius 1 is 0.333 bits per heavy atom. The summed E-state index contributed by atoms with van der Waals surface area (Å²) in [6.07, 6.45) is 0. The zero-order valence-corrected chi connectivity index (χ0v) is 32.6. The van der Waals surface area contributed by atoms with Crippen molar-refractivity contribution in [2.45, 2.75) is 5.41 Å². The lowest BCUT2D eigenvalue weighted by molar-refractivity contribution is 0.669. The van der Waals surface area contributed by atoms with Crippen molar-refractivity contribution in [3.63, 3.8) is 0 Å². The van der Waals surface area contributed by atoms with Crippen LogP contribution in [0.4, 0.5) is 0 Å². The van der Waals surface area contributed by atoms with E-state index in [2.05, 4.69) is 188 Å². The Kier molecular flexibility index (Phi) is 7.76. The van der Waals surface area contributed by atoms with Crippen molar-refractivity contribution >= 4 is 32.7 Å². The van der Waals surface area contributed by atoms with Crippen molar-refractivity contribution in [2.75, 3.05) is 0 Å². The third-order valence-corrected chi connectivity index (χ3v) is 12.4. The molecule has 0 fully saturated rings. The molecule has 0 saturated carbocycles. The van der Waals surface area contributed by atoms with Crippen molar-refractivity contribution in [1.82, 2.24) is 9.97 Å². The number of hydrogen-bond acceptors (Lipinski definition) is 3. The minimum Gasteiger partial charge on any atom is -0.456 e. The predicted molar refractivity (Wildman–Crippen MR) is 246 cm³/mol. The number of nitrogens with zero attached hydrogens (tertiary/aromatic N) is 2. The van der Waals surface area contributed by atoms with Gasteiger partial charge in [0.25, 0.3) is 0 Å². The van der Waals surface area contributed by atoms with E-state index in [1.165, 1.54) is 49.9 Å². The van der Waals surface area contributed by atoms with E-state index in [1.54, 1.807) is 0 Å². The van der Waals surface area contributed by atoms with E-state index in [0.29, 0.717) is 5.82 Å². The van der Waals surface area contributed by atoms with Crippen molar-refractivity contribution in [2.24, 2.45) is 0 Å². The van der Waals surface area contributed by atoms with Gasteiger partial charge in [-0.05, 0) is 85.6 Å². The largest absolute Gasteiger partial charge is 0.456 e. The predicted octanol–water partition coefficient (Wildman–Crippen LogP) is 14.6. The van der Waals surface area contributed by atoms with Gasteiger partial charge in [-0.2, -0.15) is 0 Å². The maximum atomic E-state index is 6.20. The van der Waals surface area contributed by atoms with Gasteiger partial charge in [-0.25, -0.2) is 9.97 Å². The number of hydrogen-bond donors (Lipinski definition) is 0. The molecule has 280 valence electrons. The molecule has 0 spiro atoms. The SMILES string of the molecule is c1ccc(-c2nc(-c3ccc4oc5ccccc5c4c3)cc(-c3ccc(-c4cccc5c4-c4ccccc4C5(c4ccccc4)c4ccccc4)c4ccccc34)n2)cc1. The molecule has 11 aromatic rings. The second-order valence-corrected chi connectivity index (χ2v) is 15.6. The highest BCUT2D eigenvalue weighted by Gasteiger charge is 2.46. The maximum Gasteiger partial charge on any atom is 0.160 e. The molecule has 12 rings (SSSR count). The molecule has 9 aromatic carbocycles. The van der Waals surface area contributed by atoms with Crippen molar-refractivity contribution in [3.8, 4) is 56.2 Å². The molecule has 1 aliphatic rings. The highest BCUT2D eigenvalue weighted by Crippen LogP contribution is 2.58. The molecule has 0 N–H and O–H groups in total. The Morgan fingerprint density at radius 2 is 0.900 bits per heavy atom. The molecule has 0 unspecified atom stereocenters. The second-order valence-electron chi connectivity index (χ2n) is 15.6. The average Bonchev–Trinajstić information content (AvgIpc) is 3.86. The first-order chi connectivity index (χ1) is 29.8. The van der Waals surface area contributed by atoms with Crippen LogP contribution in [0.1, 0.15) is 22.3 Å². The van der Waals surface area contributed by atoms with Gasteiger partial charge in [0, 0.05) is 27.5 Å². The zero-order valence-electron chi connectivity index (χ0n) is 32.6. The van der Waals surface area contributed by atoms with Crippen LogP contribution in [0.15, 0.2) is 223 Å². The van der Waals surface area contributed by atoms with Gasteiger partial charge in [0.1, 0.15) is 11.2 Å². The smallest absolute Gasteiger partial charge is 0.160 e. The first-order valence-corrected chi connectivity index (χ1v) is 20.5. The fraction of sp³-hybridized carbons (Fsp3) is 0.0175. The summed E-state index contributed by atoms with van der Waals surface area (Å²) in [5.74, 6) is 0.684. The van der Waals surface area contributed by atoms with Crippen LogP contribution >= 0.6 is 0 Å². The van der Waals surface area contributed by atoms with Crippen molar-refractivity contribution in [1.29, 1.82) is 0 Å². The molecular weight excluding hydrogens is 729 g/mol. The van der Waals surface area contributed by atoms with Crippen LogP contribution in [0.3, 0.4) is 0 Å². The molecule has 2 aromatic heterocycles. The molecule has 1 aliphatic carbocycles. The first kappa shape index (κ1) is 34.2. The summed E-state index contributed by atoms with van der Waals surface area (Å²) >= 11 is 0. The van der Waals surface area contributed by atoms with Gasteiger partial charge >= 0.3 is 0 Å². The molecule has 0 radical (unpaired) electrons. The Bertz CT molecular complexity index is 3380. The van der Waals surface area contributed by atoms with Crippen molar-refractivity contribution in [3.05, 3.63) is 241 Å². The van der Waals surface area contributed by atoms with E-state index in [9.17, 15) is 0 Å². The third kappa shape index (κ3) is 5.16. The standard InChI is InChI=1S/C57H36N2O/c1-4-17-37(18-5-1)56-58-51(38-31-34-54-48(35-38)45-25-13-15-30-53(45)60-54)36-52(59-56)44-33-32-43(41-23-10-11-24-42(41)44)46-27-16-29-50-55(46)47-26-12-14-28-49(47)57(50,39-19-6-2-7-20-39)40-21-8-3-9-22-40/h1-36H. The topological polar surface area (TPSA) is 38.9 Å². The van der Waals surface area contributed by atoms with Gasteiger partial charge < -0.3 is 4.42 Å². The molecule has 3 heteroatoms. The molecular formula is C57H36N2O. The third-order valence-electron chi connectivity index (χ3n) is 12.4. The number of benzene rings is 9. The van der Waals surface area contributed by atoms with Crippen LogP contribution in [0.5, 0.6) is 0 Å². The van der Waals surface area contributed by atoms with E-state index >= 15 is 0 Å². The van der Waals surface area contributed by atoms with Crippen LogP contribution in [0.25, 0.3) is 88.9 Å². The summed E-state index contributed by atoms with van der Waals surface area (Å²) in [6, 6.07) is 78.2. The highest BCUT2D eigenvalue weighted by molar-refractivity contribution is 6.09. The monoisotopic (exact) mass is 764 g/mol. The maximum absolute atomic E-state index is 6.20. The molecule has 0 aliphatic heterocycles. The van der Waals surface area contributed by atoms with Gasteiger partial charge in [-0.1, -0.05) is 188 Å². The molecule has 0 saturated heterocycles. The quantitative estimate of drug-likeness (QED) is 0.169. The molecule has 3 nitrogen and oxygen atoms in total. The van der Waals surface area contributed by atoms with Crippen LogP contribution in [0.2, 0.25) is 0 Å². The van der Waals surface area contributed by atoms with Gasteiger partial charge in [0.05, 0.1) is 16.8 Å². The second kappa shape index (κ2) is 13.6. The Hall–Kier alpha value is -7.88. The van der Waals surface area contributed by atoms with E-state index < -0.39 is 5.41 Å². The number of furan rings is 1. The fourth-order valence-corrected chi connectivity index (χ4v) is 9.81. The lowest BCUT2D eigenvalue weighted by Crippen LogP contribution is -2.28. The van der Waals surface area contributed by atoms with Crippen LogP contribution in [-0.4, -0.2) is 9.97 Å². The minimum absolute atomic E-state index is 0.475. The molecule has 2 heterocycles. The van der Waals surface area contributed by atoms with E-state index in [1.807, 2.05) is 30.3 Å². The summed E-state index contributed by atoms with van der Waals surface area (Å²) < 4.78 is 6.20. The number of rotatable bonds is 6. The zero-order chi connectivity index (χ0) is 39.6. The average molecular weight is 765 g/mol. The van der Waals surface area contributed by atoms with Gasteiger partial charge in [0.2, 0.25) is 0 Å². The Labute approximate surface area is 347 Å². The van der Waals surface area contributed by atoms with Crippen LogP contribution < -0.4 is 0 Å². The minimum atomic E-state index is -0.475. The summed E-state index contributed by atoms with van der Waals surface area (Å²) in [4.78, 5) is 10.5. The molecule has 0 bridgehead atoms. The Morgan fingerprint density at radius 3 is 1.67 bits per heavy atom. The molecule has 60 heavy (non-hydrogen) atoms. The Balaban J connectivity index is 1.08. The lowest BCUT2D eigenvalue weighted by Gasteiger charge is -2.34. The molecule has 0 atom stereocenters.